The van der Waals surface area contributed by atoms with Crippen LogP contribution >= 0.6 is 15.9 Å². The van der Waals surface area contributed by atoms with Crippen LogP contribution in [0.1, 0.15) is 24.7 Å². The number of nitrogens with zero attached hydrogens (tertiary/aromatic N) is 2. The van der Waals surface area contributed by atoms with Crippen molar-refractivity contribution in [3.63, 3.8) is 0 Å². The van der Waals surface area contributed by atoms with Crippen molar-refractivity contribution in [2.45, 2.75) is 18.9 Å². The van der Waals surface area contributed by atoms with E-state index in [1.807, 2.05) is 6.20 Å². The van der Waals surface area contributed by atoms with Crippen LogP contribution in [0.25, 0.3) is 22.0 Å². The zero-order chi connectivity index (χ0) is 19.5. The van der Waals surface area contributed by atoms with E-state index in [9.17, 15) is 4.79 Å². The van der Waals surface area contributed by atoms with Gasteiger partial charge in [0.05, 0.1) is 25.0 Å². The van der Waals surface area contributed by atoms with Crippen molar-refractivity contribution in [1.29, 1.82) is 0 Å². The first-order chi connectivity index (χ1) is 13.6. The van der Waals surface area contributed by atoms with Crippen molar-refractivity contribution in [3.05, 3.63) is 52.9 Å². The largest absolute Gasteiger partial charge is 0.453 e. The Kier molecular flexibility index (Phi) is 5.64. The average Bonchev–Trinajstić information content (AvgIpc) is 3.36. The Bertz CT molecular complexity index is 987. The van der Waals surface area contributed by atoms with E-state index in [0.29, 0.717) is 6.54 Å². The quantitative estimate of drug-likeness (QED) is 0.610. The van der Waals surface area contributed by atoms with Gasteiger partial charge in [-0.25, -0.2) is 9.78 Å². The molecule has 2 aromatic carbocycles. The Labute approximate surface area is 172 Å². The molecule has 1 aliphatic heterocycles. The van der Waals surface area contributed by atoms with E-state index in [-0.39, 0.29) is 12.1 Å². The number of fused-ring (bicyclic) bond motifs is 1. The van der Waals surface area contributed by atoms with Gasteiger partial charge in [0, 0.05) is 23.1 Å². The predicted molar refractivity (Wildman–Crippen MR) is 113 cm³/mol. The molecule has 7 heteroatoms. The average molecular weight is 443 g/mol. The van der Waals surface area contributed by atoms with E-state index in [1.165, 1.54) is 17.9 Å². The molecule has 0 saturated carbocycles. The second kappa shape index (κ2) is 8.32. The molecule has 1 unspecified atom stereocenters. The van der Waals surface area contributed by atoms with E-state index in [4.69, 9.17) is 0 Å². The Morgan fingerprint density at radius 2 is 2.14 bits per heavy atom. The summed E-state index contributed by atoms with van der Waals surface area (Å²) in [5.74, 6) is 0.987. The number of likely N-dealkylation sites (tertiary alicyclic amines) is 1. The molecule has 1 atom stereocenters. The van der Waals surface area contributed by atoms with E-state index < -0.39 is 0 Å². The lowest BCUT2D eigenvalue weighted by Gasteiger charge is -2.22. The first kappa shape index (κ1) is 19.0. The third-order valence-corrected chi connectivity index (χ3v) is 5.74. The second-order valence-electron chi connectivity index (χ2n) is 7.00. The molecule has 1 amide bonds. The van der Waals surface area contributed by atoms with Gasteiger partial charge in [0.25, 0.3) is 0 Å². The van der Waals surface area contributed by atoms with Gasteiger partial charge < -0.3 is 15.0 Å². The highest BCUT2D eigenvalue weighted by atomic mass is 79.9. The number of halogens is 1. The van der Waals surface area contributed by atoms with E-state index in [2.05, 4.69) is 77.2 Å². The normalized spacial score (nSPS) is 17.1. The van der Waals surface area contributed by atoms with Crippen LogP contribution in [0.5, 0.6) is 0 Å². The maximum absolute atomic E-state index is 11.2. The number of aromatic nitrogens is 2. The molecule has 4 rings (SSSR count). The molecule has 6 nitrogen and oxygen atoms in total. The molecule has 0 aliphatic carbocycles. The molecule has 2 heterocycles. The number of aromatic amines is 1. The number of H-pyrrole nitrogens is 1. The molecule has 1 aliphatic rings. The van der Waals surface area contributed by atoms with Crippen LogP contribution in [-0.4, -0.2) is 47.7 Å². The van der Waals surface area contributed by atoms with Crippen molar-refractivity contribution < 1.29 is 9.53 Å². The number of rotatable bonds is 5. The summed E-state index contributed by atoms with van der Waals surface area (Å²) in [6, 6.07) is 13.0. The highest BCUT2D eigenvalue weighted by molar-refractivity contribution is 9.10. The fraction of sp³-hybridized carbons (Fsp3) is 0.333. The van der Waals surface area contributed by atoms with E-state index in [1.54, 1.807) is 0 Å². The molecule has 1 saturated heterocycles. The van der Waals surface area contributed by atoms with Crippen LogP contribution in [0.2, 0.25) is 0 Å². The van der Waals surface area contributed by atoms with Crippen molar-refractivity contribution in [2.75, 3.05) is 26.7 Å². The van der Waals surface area contributed by atoms with Crippen molar-refractivity contribution in [1.82, 2.24) is 20.2 Å². The third-order valence-electron chi connectivity index (χ3n) is 5.24. The number of benzene rings is 2. The van der Waals surface area contributed by atoms with Crippen LogP contribution in [0, 0.1) is 0 Å². The minimum Gasteiger partial charge on any atom is -0.453 e. The number of hydrogen-bond acceptors (Lipinski definition) is 4. The number of imidazole rings is 1. The zero-order valence-electron chi connectivity index (χ0n) is 15.7. The first-order valence-corrected chi connectivity index (χ1v) is 10.2. The summed E-state index contributed by atoms with van der Waals surface area (Å²) < 4.78 is 5.71. The molecular formula is C21H23BrN4O2. The Balaban J connectivity index is 1.49. The molecule has 0 radical (unpaired) electrons. The van der Waals surface area contributed by atoms with Gasteiger partial charge in [0.2, 0.25) is 0 Å². The van der Waals surface area contributed by atoms with Crippen LogP contribution in [-0.2, 0) is 4.74 Å². The van der Waals surface area contributed by atoms with E-state index in [0.717, 1.165) is 47.5 Å². The standard InChI is InChI=1S/C21H23BrN4O2/c1-28-21(27)23-8-10-26-9-2-3-19(26)20-24-13-18(25-20)16-5-4-15-12-17(22)7-6-14(15)11-16/h4-7,11-13,19H,2-3,8-10H2,1H3,(H,23,27)(H,24,25). The SMILES string of the molecule is COC(=O)NCCN1CCCC1c1ncc(-c2ccc3cc(Br)ccc3c2)[nH]1. The smallest absolute Gasteiger partial charge is 0.406 e. The summed E-state index contributed by atoms with van der Waals surface area (Å²) in [6.45, 7) is 2.35. The summed E-state index contributed by atoms with van der Waals surface area (Å²) in [5, 5.41) is 5.15. The number of nitrogens with one attached hydrogen (secondary N) is 2. The fourth-order valence-corrected chi connectivity index (χ4v) is 4.19. The van der Waals surface area contributed by atoms with Gasteiger partial charge >= 0.3 is 6.09 Å². The van der Waals surface area contributed by atoms with Gasteiger partial charge in [-0.05, 0) is 48.4 Å². The summed E-state index contributed by atoms with van der Waals surface area (Å²) in [6.07, 6.45) is 3.72. The van der Waals surface area contributed by atoms with Crippen molar-refractivity contribution in [3.8, 4) is 11.3 Å². The number of methoxy groups -OCH3 is 1. The first-order valence-electron chi connectivity index (χ1n) is 9.44. The molecule has 1 aromatic heterocycles. The summed E-state index contributed by atoms with van der Waals surface area (Å²) in [4.78, 5) is 21.8. The lowest BCUT2D eigenvalue weighted by atomic mass is 10.1. The zero-order valence-corrected chi connectivity index (χ0v) is 17.3. The molecule has 28 heavy (non-hydrogen) atoms. The lowest BCUT2D eigenvalue weighted by Crippen LogP contribution is -2.34. The van der Waals surface area contributed by atoms with Gasteiger partial charge in [-0.15, -0.1) is 0 Å². The number of amides is 1. The monoisotopic (exact) mass is 442 g/mol. The molecule has 3 aromatic rings. The number of carbonyl (C=O) groups is 1. The second-order valence-corrected chi connectivity index (χ2v) is 7.92. The van der Waals surface area contributed by atoms with Gasteiger partial charge in [-0.3, -0.25) is 4.90 Å². The number of carbonyl (C=O) groups excluding carboxylic acids is 1. The molecule has 0 bridgehead atoms. The van der Waals surface area contributed by atoms with Gasteiger partial charge in [-0.1, -0.05) is 34.1 Å². The third kappa shape index (κ3) is 4.05. The van der Waals surface area contributed by atoms with Crippen LogP contribution in [0.4, 0.5) is 4.79 Å². The Hall–Kier alpha value is -2.38. The number of hydrogen-bond donors (Lipinski definition) is 2. The molecule has 1 fully saturated rings. The minimum absolute atomic E-state index is 0.254. The molecular weight excluding hydrogens is 420 g/mol. The Morgan fingerprint density at radius 3 is 3.00 bits per heavy atom. The summed E-state index contributed by atoms with van der Waals surface area (Å²) >= 11 is 3.52. The highest BCUT2D eigenvalue weighted by Crippen LogP contribution is 2.32. The van der Waals surface area contributed by atoms with Crippen LogP contribution in [0.3, 0.4) is 0 Å². The maximum atomic E-state index is 11.2. The maximum Gasteiger partial charge on any atom is 0.406 e. The summed E-state index contributed by atoms with van der Waals surface area (Å²) in [7, 11) is 1.38. The predicted octanol–water partition coefficient (Wildman–Crippen LogP) is 4.49. The topological polar surface area (TPSA) is 70.2 Å². The molecule has 2 N–H and O–H groups in total. The van der Waals surface area contributed by atoms with Gasteiger partial charge in [-0.2, -0.15) is 0 Å². The number of ether oxygens (including phenoxy) is 1. The van der Waals surface area contributed by atoms with Gasteiger partial charge in [0.1, 0.15) is 5.82 Å². The van der Waals surface area contributed by atoms with Crippen molar-refractivity contribution >= 4 is 32.8 Å². The lowest BCUT2D eigenvalue weighted by molar-refractivity contribution is 0.167. The van der Waals surface area contributed by atoms with E-state index >= 15 is 0 Å². The highest BCUT2D eigenvalue weighted by Gasteiger charge is 2.28. The fourth-order valence-electron chi connectivity index (χ4n) is 3.81. The molecule has 0 spiro atoms. The molecule has 146 valence electrons. The van der Waals surface area contributed by atoms with Gasteiger partial charge in [0.15, 0.2) is 0 Å². The Morgan fingerprint density at radius 1 is 1.32 bits per heavy atom. The van der Waals surface area contributed by atoms with Crippen molar-refractivity contribution in [2.24, 2.45) is 0 Å². The summed E-state index contributed by atoms with van der Waals surface area (Å²) in [5.41, 5.74) is 2.16. The number of alkyl carbamates (subject to hydrolysis) is 1. The minimum atomic E-state index is -0.389. The van der Waals surface area contributed by atoms with Crippen LogP contribution < -0.4 is 5.32 Å². The van der Waals surface area contributed by atoms with Crippen LogP contribution in [0.15, 0.2) is 47.1 Å².